The second kappa shape index (κ2) is 13.7. The summed E-state index contributed by atoms with van der Waals surface area (Å²) in [5, 5.41) is 18.9. The zero-order valence-corrected chi connectivity index (χ0v) is 17.5. The van der Waals surface area contributed by atoms with Crippen molar-refractivity contribution in [2.24, 2.45) is 11.8 Å². The molecule has 0 spiro atoms. The molecule has 0 saturated heterocycles. The Labute approximate surface area is 172 Å². The quantitative estimate of drug-likeness (QED) is 0.310. The average Bonchev–Trinajstić information content (AvgIpc) is 2.65. The molecule has 0 aromatic carbocycles. The molecule has 10 nitrogen and oxygen atoms in total. The predicted octanol–water partition coefficient (Wildman–Crippen LogP) is 0.517. The molecule has 0 radical (unpaired) electrons. The van der Waals surface area contributed by atoms with Gasteiger partial charge < -0.3 is 20.3 Å². The number of ether oxygens (including phenoxy) is 1. The number of thioether (sulfide) groups is 1. The molecule has 164 valence electrons. The van der Waals surface area contributed by atoms with Crippen molar-refractivity contribution >= 4 is 47.1 Å². The van der Waals surface area contributed by atoms with Crippen molar-refractivity contribution in [2.75, 3.05) is 19.4 Å². The van der Waals surface area contributed by atoms with Gasteiger partial charge in [-0.15, -0.1) is 11.8 Å². The Kier molecular flexibility index (Phi) is 12.5. The van der Waals surface area contributed by atoms with E-state index in [-0.39, 0.29) is 36.1 Å². The third-order valence-corrected chi connectivity index (χ3v) is 5.53. The minimum atomic E-state index is -1.27. The van der Waals surface area contributed by atoms with Crippen molar-refractivity contribution in [3.63, 3.8) is 0 Å². The van der Waals surface area contributed by atoms with E-state index in [1.54, 1.807) is 6.92 Å². The number of hydrogen-bond donors (Lipinski definition) is 3. The number of carboxylic acid groups (broad SMARTS) is 2. The summed E-state index contributed by atoms with van der Waals surface area (Å²) in [5.41, 5.74) is 0. The van der Waals surface area contributed by atoms with Crippen LogP contribution in [0.4, 0.5) is 0 Å². The Morgan fingerprint density at radius 1 is 1.07 bits per heavy atom. The summed E-state index contributed by atoms with van der Waals surface area (Å²) < 4.78 is 4.45. The lowest BCUT2D eigenvalue weighted by molar-refractivity contribution is -0.145. The lowest BCUT2D eigenvalue weighted by atomic mass is 9.95. The van der Waals surface area contributed by atoms with E-state index in [0.717, 1.165) is 18.9 Å². The topological polar surface area (TPSA) is 164 Å². The summed E-state index contributed by atoms with van der Waals surface area (Å²) in [6.45, 7) is 2.47. The van der Waals surface area contributed by atoms with Crippen LogP contribution >= 0.6 is 11.8 Å². The first kappa shape index (κ1) is 26.6. The fourth-order valence-electron chi connectivity index (χ4n) is 2.18. The van der Waals surface area contributed by atoms with E-state index in [2.05, 4.69) is 10.1 Å². The van der Waals surface area contributed by atoms with Crippen LogP contribution in [-0.2, 0) is 33.5 Å². The summed E-state index contributed by atoms with van der Waals surface area (Å²) in [5.74, 6) is -5.70. The zero-order chi connectivity index (χ0) is 22.6. The first-order chi connectivity index (χ1) is 13.5. The van der Waals surface area contributed by atoms with Crippen molar-refractivity contribution < 1.29 is 43.7 Å². The Hall–Kier alpha value is -2.43. The van der Waals surface area contributed by atoms with Gasteiger partial charge in [-0.1, -0.05) is 6.92 Å². The normalized spacial score (nSPS) is 13.6. The number of carbonyl (C=O) groups excluding carboxylic acids is 4. The molecule has 1 amide bonds. The average molecular weight is 433 g/mol. The van der Waals surface area contributed by atoms with Gasteiger partial charge in [0.05, 0.1) is 19.4 Å². The minimum absolute atomic E-state index is 0.0591. The number of methoxy groups -OCH3 is 1. The van der Waals surface area contributed by atoms with E-state index in [1.165, 1.54) is 6.92 Å². The number of ketones is 2. The molecule has 0 rings (SSSR count). The number of Topliss-reactive ketones (excluding diaryl/α,β-unsaturated/α-hetero) is 2. The maximum absolute atomic E-state index is 12.3. The van der Waals surface area contributed by atoms with Crippen LogP contribution in [0, 0.1) is 11.8 Å². The van der Waals surface area contributed by atoms with Crippen LogP contribution in [0.25, 0.3) is 0 Å². The van der Waals surface area contributed by atoms with Crippen LogP contribution in [0.5, 0.6) is 0 Å². The highest BCUT2D eigenvalue weighted by Crippen LogP contribution is 2.22. The minimum Gasteiger partial charge on any atom is -0.480 e. The largest absolute Gasteiger partial charge is 0.480 e. The molecule has 0 heterocycles. The Balaban J connectivity index is 5.03. The van der Waals surface area contributed by atoms with E-state index in [1.807, 2.05) is 0 Å². The molecule has 0 saturated carbocycles. The number of nitrogens with one attached hydrogen (secondary N) is 1. The number of rotatable bonds is 15. The first-order valence-corrected chi connectivity index (χ1v) is 9.95. The van der Waals surface area contributed by atoms with Gasteiger partial charge in [0.15, 0.2) is 0 Å². The molecule has 0 fully saturated rings. The second-order valence-electron chi connectivity index (χ2n) is 6.54. The molecule has 1 unspecified atom stereocenters. The lowest BCUT2D eigenvalue weighted by Crippen LogP contribution is -2.37. The highest BCUT2D eigenvalue weighted by atomic mass is 32.2. The van der Waals surface area contributed by atoms with Gasteiger partial charge in [-0.25, -0.2) is 0 Å². The van der Waals surface area contributed by atoms with Crippen molar-refractivity contribution in [1.82, 2.24) is 5.32 Å². The number of aliphatic carboxylic acids is 2. The molecule has 3 N–H and O–H groups in total. The predicted molar refractivity (Wildman–Crippen MR) is 103 cm³/mol. The fraction of sp³-hybridized carbons (Fsp3) is 0.667. The molecule has 0 aromatic heterocycles. The van der Waals surface area contributed by atoms with Crippen LogP contribution in [0.15, 0.2) is 0 Å². The summed E-state index contributed by atoms with van der Waals surface area (Å²) in [6, 6.07) is 0. The molecule has 0 aliphatic rings. The van der Waals surface area contributed by atoms with E-state index in [4.69, 9.17) is 5.11 Å². The SMILES string of the molecule is COC(=O)CC(SC[C@H](CC(=O)CC[C@H](C)C(C)=O)C(=O)NCC(=O)O)C(=O)O. The highest BCUT2D eigenvalue weighted by molar-refractivity contribution is 8.00. The van der Waals surface area contributed by atoms with Crippen molar-refractivity contribution in [2.45, 2.75) is 44.8 Å². The number of amides is 1. The molecular formula is C18H27NO9S. The van der Waals surface area contributed by atoms with Crippen molar-refractivity contribution in [1.29, 1.82) is 0 Å². The number of hydrogen-bond acceptors (Lipinski definition) is 8. The van der Waals surface area contributed by atoms with E-state index >= 15 is 0 Å². The summed E-state index contributed by atoms with van der Waals surface area (Å²) in [7, 11) is 1.12. The molecule has 11 heteroatoms. The first-order valence-electron chi connectivity index (χ1n) is 8.90. The van der Waals surface area contributed by atoms with Crippen LogP contribution in [0.3, 0.4) is 0 Å². The van der Waals surface area contributed by atoms with Crippen LogP contribution in [0.1, 0.15) is 39.5 Å². The van der Waals surface area contributed by atoms with Gasteiger partial charge in [0.2, 0.25) is 5.91 Å². The van der Waals surface area contributed by atoms with Gasteiger partial charge in [-0.3, -0.25) is 28.8 Å². The third-order valence-electron chi connectivity index (χ3n) is 4.16. The van der Waals surface area contributed by atoms with Crippen LogP contribution < -0.4 is 5.32 Å². The third kappa shape index (κ3) is 11.9. The summed E-state index contributed by atoms with van der Waals surface area (Å²) in [4.78, 5) is 69.0. The Morgan fingerprint density at radius 3 is 2.17 bits per heavy atom. The van der Waals surface area contributed by atoms with Gasteiger partial charge in [-0.2, -0.15) is 0 Å². The van der Waals surface area contributed by atoms with Gasteiger partial charge in [0.1, 0.15) is 23.4 Å². The molecule has 3 atom stereocenters. The molecule has 0 aliphatic carbocycles. The van der Waals surface area contributed by atoms with Crippen molar-refractivity contribution in [3.8, 4) is 0 Å². The van der Waals surface area contributed by atoms with Crippen LogP contribution in [0.2, 0.25) is 0 Å². The summed E-state index contributed by atoms with van der Waals surface area (Å²) in [6.07, 6.45) is -0.249. The molecule has 0 bridgehead atoms. The number of carboxylic acids is 2. The van der Waals surface area contributed by atoms with Crippen molar-refractivity contribution in [3.05, 3.63) is 0 Å². The molecule has 0 aliphatic heterocycles. The zero-order valence-electron chi connectivity index (χ0n) is 16.6. The Morgan fingerprint density at radius 2 is 1.69 bits per heavy atom. The molecule has 0 aromatic rings. The van der Waals surface area contributed by atoms with E-state index in [0.29, 0.717) is 6.42 Å². The molecule has 29 heavy (non-hydrogen) atoms. The van der Waals surface area contributed by atoms with Crippen LogP contribution in [-0.4, -0.2) is 70.3 Å². The number of esters is 1. The second-order valence-corrected chi connectivity index (χ2v) is 7.78. The smallest absolute Gasteiger partial charge is 0.322 e. The van der Waals surface area contributed by atoms with Gasteiger partial charge in [0.25, 0.3) is 0 Å². The monoisotopic (exact) mass is 433 g/mol. The lowest BCUT2D eigenvalue weighted by Gasteiger charge is -2.18. The standard InChI is InChI=1S/C18H27NO9S/c1-10(11(2)20)4-5-13(21)6-12(17(25)19-8-15(22)23)9-29-14(18(26)27)7-16(24)28-3/h10,12,14H,4-9H2,1-3H3,(H,19,25)(H,22,23)(H,26,27)/t10-,12-,14?/m0/s1. The molecular weight excluding hydrogens is 406 g/mol. The van der Waals surface area contributed by atoms with E-state index in [9.17, 15) is 33.9 Å². The summed E-state index contributed by atoms with van der Waals surface area (Å²) >= 11 is 0.800. The maximum Gasteiger partial charge on any atom is 0.322 e. The van der Waals surface area contributed by atoms with Gasteiger partial charge in [-0.05, 0) is 13.3 Å². The van der Waals surface area contributed by atoms with Gasteiger partial charge >= 0.3 is 17.9 Å². The Bertz CT molecular complexity index is 635. The fourth-order valence-corrected chi connectivity index (χ4v) is 3.31. The maximum atomic E-state index is 12.3. The van der Waals surface area contributed by atoms with Gasteiger partial charge in [0, 0.05) is 24.5 Å². The highest BCUT2D eigenvalue weighted by Gasteiger charge is 2.28. The number of carbonyl (C=O) groups is 6. The van der Waals surface area contributed by atoms with E-state index < -0.39 is 47.9 Å².